The van der Waals surface area contributed by atoms with Gasteiger partial charge in [0.05, 0.1) is 31.5 Å². The molecular weight excluding hydrogens is 517 g/mol. The van der Waals surface area contributed by atoms with Gasteiger partial charge in [0.15, 0.2) is 17.9 Å². The van der Waals surface area contributed by atoms with E-state index in [1.54, 1.807) is 18.2 Å². The molecular formula is C26H28NO10P. The molecule has 5 rings (SSSR count). The first kappa shape index (κ1) is 26.7. The summed E-state index contributed by atoms with van der Waals surface area (Å²) in [6.07, 6.45) is -3.87. The topological polar surface area (TPSA) is 189 Å². The lowest BCUT2D eigenvalue weighted by molar-refractivity contribution is -0.223. The van der Waals surface area contributed by atoms with Crippen molar-refractivity contribution in [3.63, 3.8) is 0 Å². The van der Waals surface area contributed by atoms with Crippen molar-refractivity contribution in [2.45, 2.75) is 49.4 Å². The molecule has 5 atom stereocenters. The van der Waals surface area contributed by atoms with Gasteiger partial charge >= 0.3 is 0 Å². The number of phenolic OH excluding ortho intramolecular Hbond substituents is 2. The van der Waals surface area contributed by atoms with Crippen LogP contribution in [0.15, 0.2) is 18.2 Å². The number of phenols is 2. The van der Waals surface area contributed by atoms with E-state index in [0.29, 0.717) is 11.3 Å². The number of hydrogen-bond donors (Lipinski definition) is 6. The normalized spacial score (nSPS) is 28.3. The minimum atomic E-state index is -2.17. The molecule has 2 aromatic carbocycles. The second-order valence-electron chi connectivity index (χ2n) is 9.77. The summed E-state index contributed by atoms with van der Waals surface area (Å²) in [5.74, 6) is -2.08. The lowest BCUT2D eigenvalue weighted by atomic mass is 9.72. The Morgan fingerprint density at radius 1 is 1.24 bits per heavy atom. The predicted molar refractivity (Wildman–Crippen MR) is 135 cm³/mol. The maximum atomic E-state index is 13.6. The largest absolute Gasteiger partial charge is 0.507 e. The quantitative estimate of drug-likeness (QED) is 0.188. The average molecular weight is 545 g/mol. The molecule has 0 bridgehead atoms. The molecule has 2 aliphatic carbocycles. The van der Waals surface area contributed by atoms with E-state index in [1.165, 1.54) is 7.11 Å². The number of hydrogen-bond acceptors (Lipinski definition) is 11. The fourth-order valence-electron chi connectivity index (χ4n) is 5.50. The Morgan fingerprint density at radius 2 is 1.97 bits per heavy atom. The van der Waals surface area contributed by atoms with Crippen LogP contribution >= 0.6 is 8.86 Å². The number of ether oxygens (including phenoxy) is 3. The molecule has 202 valence electrons. The number of carbonyl (C=O) groups excluding carboxylic acids is 2. The highest BCUT2D eigenvalue weighted by Crippen LogP contribution is 2.52. The number of ketones is 2. The fourth-order valence-corrected chi connectivity index (χ4v) is 6.00. The third-order valence-corrected chi connectivity index (χ3v) is 8.01. The summed E-state index contributed by atoms with van der Waals surface area (Å²) in [7, 11) is 4.98. The molecule has 0 amide bonds. The van der Waals surface area contributed by atoms with E-state index in [4.69, 9.17) is 19.9 Å². The first-order valence-corrected chi connectivity index (χ1v) is 12.5. The molecule has 0 spiro atoms. The van der Waals surface area contributed by atoms with Crippen molar-refractivity contribution in [1.29, 1.82) is 0 Å². The highest BCUT2D eigenvalue weighted by Gasteiger charge is 2.49. The molecule has 0 aromatic heterocycles. The van der Waals surface area contributed by atoms with Gasteiger partial charge in [0.25, 0.3) is 0 Å². The van der Waals surface area contributed by atoms with Gasteiger partial charge in [-0.25, -0.2) is 0 Å². The van der Waals surface area contributed by atoms with Gasteiger partial charge in [0.2, 0.25) is 0 Å². The van der Waals surface area contributed by atoms with E-state index in [9.17, 15) is 35.1 Å². The Balaban J connectivity index is 1.69. The summed E-state index contributed by atoms with van der Waals surface area (Å²) >= 11 is 0. The number of benzene rings is 2. The molecule has 3 aliphatic rings. The SMILES string of the molecule is COc1cccc2c1C(=P)c1c(O)c3c(c(O)c1C2=O)C[C@@](O)(C(=O)CO)C[C@@H]3OC1CC(N)C(O)CO1. The summed E-state index contributed by atoms with van der Waals surface area (Å²) in [6.45, 7) is -1.09. The zero-order valence-electron chi connectivity index (χ0n) is 20.4. The number of aliphatic hydroxyl groups is 3. The zero-order valence-corrected chi connectivity index (χ0v) is 21.4. The van der Waals surface area contributed by atoms with E-state index in [1.807, 2.05) is 0 Å². The number of nitrogens with two attached hydrogens (primary N) is 1. The predicted octanol–water partition coefficient (Wildman–Crippen LogP) is 0.0934. The smallest absolute Gasteiger partial charge is 0.198 e. The van der Waals surface area contributed by atoms with Crippen LogP contribution in [0, 0.1) is 0 Å². The summed E-state index contributed by atoms with van der Waals surface area (Å²) in [5, 5.41) is 53.9. The van der Waals surface area contributed by atoms with E-state index in [2.05, 4.69) is 8.86 Å². The number of methoxy groups -OCH3 is 1. The Hall–Kier alpha value is -2.89. The second-order valence-corrected chi connectivity index (χ2v) is 10.3. The molecule has 11 nitrogen and oxygen atoms in total. The Morgan fingerprint density at radius 3 is 2.63 bits per heavy atom. The average Bonchev–Trinajstić information content (AvgIpc) is 2.90. The van der Waals surface area contributed by atoms with Crippen LogP contribution in [0.3, 0.4) is 0 Å². The maximum absolute atomic E-state index is 13.6. The molecule has 0 radical (unpaired) electrons. The number of aliphatic hydroxyl groups excluding tert-OH is 2. The zero-order chi connectivity index (χ0) is 27.5. The van der Waals surface area contributed by atoms with Gasteiger partial charge in [0.1, 0.15) is 29.5 Å². The summed E-state index contributed by atoms with van der Waals surface area (Å²) in [5.41, 5.74) is 4.15. The van der Waals surface area contributed by atoms with Gasteiger partial charge in [-0.3, -0.25) is 9.59 Å². The van der Waals surface area contributed by atoms with E-state index in [0.717, 1.165) is 0 Å². The van der Waals surface area contributed by atoms with E-state index < -0.39 is 66.2 Å². The monoisotopic (exact) mass is 545 g/mol. The minimum Gasteiger partial charge on any atom is -0.507 e. The first-order chi connectivity index (χ1) is 18.0. The van der Waals surface area contributed by atoms with Crippen LogP contribution in [0.1, 0.15) is 57.1 Å². The molecule has 1 saturated heterocycles. The van der Waals surface area contributed by atoms with Crippen molar-refractivity contribution in [3.8, 4) is 17.2 Å². The van der Waals surface area contributed by atoms with Crippen LogP contribution in [0.4, 0.5) is 0 Å². The number of Topliss-reactive ketones (excluding diaryl/α,β-unsaturated/α-hetero) is 1. The maximum Gasteiger partial charge on any atom is 0.198 e. The molecule has 38 heavy (non-hydrogen) atoms. The molecule has 3 unspecified atom stereocenters. The number of aromatic hydroxyl groups is 2. The lowest BCUT2D eigenvalue weighted by Crippen LogP contribution is -2.50. The van der Waals surface area contributed by atoms with Crippen LogP contribution in [0.2, 0.25) is 0 Å². The third-order valence-electron chi connectivity index (χ3n) is 7.51. The molecule has 12 heteroatoms. The van der Waals surface area contributed by atoms with Crippen molar-refractivity contribution in [3.05, 3.63) is 51.6 Å². The van der Waals surface area contributed by atoms with Crippen molar-refractivity contribution in [1.82, 2.24) is 0 Å². The fraction of sp³-hybridized carbons (Fsp3) is 0.423. The Bertz CT molecular complexity index is 1360. The van der Waals surface area contributed by atoms with Gasteiger partial charge < -0.3 is 45.5 Å². The molecule has 1 fully saturated rings. The molecule has 7 N–H and O–H groups in total. The van der Waals surface area contributed by atoms with Crippen LogP contribution in [-0.4, -0.2) is 86.8 Å². The van der Waals surface area contributed by atoms with Crippen molar-refractivity contribution in [2.75, 3.05) is 20.3 Å². The third kappa shape index (κ3) is 4.02. The molecule has 0 saturated carbocycles. The standard InChI is InChI=1S/C26H28NO10P/c1-35-14-4-2-3-10-19(14)25(38)21-20(22(10)31)23(32)11-6-26(34,16(30)8-28)7-15(18(11)24(21)33)37-17-5-12(27)13(29)9-36-17/h2-4,12-13,15,17,28-29,32-34,38H,5-9,27H2,1H3/t12?,13?,15-,17?,26-/m0/s1. The van der Waals surface area contributed by atoms with E-state index in [-0.39, 0.29) is 52.6 Å². The molecule has 2 aromatic rings. The van der Waals surface area contributed by atoms with Crippen molar-refractivity contribution >= 4 is 25.7 Å². The highest BCUT2D eigenvalue weighted by molar-refractivity contribution is 7.23. The Labute approximate surface area is 219 Å². The molecule has 1 heterocycles. The van der Waals surface area contributed by atoms with Gasteiger partial charge in [-0.2, -0.15) is 0 Å². The second kappa shape index (κ2) is 9.69. The number of fused-ring (bicyclic) bond motifs is 3. The Kier molecular flexibility index (Phi) is 6.81. The van der Waals surface area contributed by atoms with Crippen molar-refractivity contribution in [2.24, 2.45) is 5.73 Å². The highest BCUT2D eigenvalue weighted by atomic mass is 31.0. The van der Waals surface area contributed by atoms with E-state index >= 15 is 0 Å². The van der Waals surface area contributed by atoms with Gasteiger partial charge in [-0.15, -0.1) is 8.86 Å². The molecule has 1 aliphatic heterocycles. The first-order valence-electron chi connectivity index (χ1n) is 12.0. The number of rotatable bonds is 5. The van der Waals surface area contributed by atoms with Crippen LogP contribution in [0.25, 0.3) is 0 Å². The van der Waals surface area contributed by atoms with Gasteiger partial charge in [-0.05, 0) is 6.07 Å². The summed E-state index contributed by atoms with van der Waals surface area (Å²) in [6, 6.07) is 4.15. The van der Waals surface area contributed by atoms with Crippen molar-refractivity contribution < 1.29 is 49.3 Å². The van der Waals surface area contributed by atoms with Gasteiger partial charge in [0, 0.05) is 58.4 Å². The summed E-state index contributed by atoms with van der Waals surface area (Å²) in [4.78, 5) is 26.2. The van der Waals surface area contributed by atoms with Crippen LogP contribution < -0.4 is 10.5 Å². The number of carbonyl (C=O) groups is 2. The minimum absolute atomic E-state index is 0.00382. The lowest BCUT2D eigenvalue weighted by Gasteiger charge is -2.41. The van der Waals surface area contributed by atoms with Crippen LogP contribution in [0.5, 0.6) is 17.2 Å². The van der Waals surface area contributed by atoms with Gasteiger partial charge in [-0.1, -0.05) is 12.1 Å². The summed E-state index contributed by atoms with van der Waals surface area (Å²) < 4.78 is 17.0. The van der Waals surface area contributed by atoms with Crippen LogP contribution in [-0.2, 0) is 20.7 Å².